The van der Waals surface area contributed by atoms with E-state index in [1.807, 2.05) is 18.2 Å². The standard InChI is InChI=1S/C19H20ClN3O/c20-17-10-14(6-8-21-17)13-23-9-3-7-19(23)11-15-4-1-2-5-16(15)12-22-18(19)24/h1-2,4-6,8,10H,3,7,9,11-13H2,(H,22,24). The SMILES string of the molecule is O=C1NCc2ccccc2CC12CCCN2Cc1ccnc(Cl)c1. The number of nitrogens with one attached hydrogen (secondary N) is 1. The highest BCUT2D eigenvalue weighted by atomic mass is 35.5. The number of halogens is 1. The first-order chi connectivity index (χ1) is 11.7. The van der Waals surface area contributed by atoms with Crippen LogP contribution < -0.4 is 5.32 Å². The van der Waals surface area contributed by atoms with E-state index in [2.05, 4.69) is 33.4 Å². The molecule has 0 aliphatic carbocycles. The van der Waals surface area contributed by atoms with Gasteiger partial charge in [0.2, 0.25) is 5.91 Å². The monoisotopic (exact) mass is 341 g/mol. The second kappa shape index (κ2) is 6.19. The van der Waals surface area contributed by atoms with E-state index in [-0.39, 0.29) is 5.91 Å². The van der Waals surface area contributed by atoms with Crippen LogP contribution in [-0.2, 0) is 24.3 Å². The molecule has 5 heteroatoms. The molecule has 2 aliphatic heterocycles. The van der Waals surface area contributed by atoms with E-state index in [1.165, 1.54) is 11.1 Å². The Balaban J connectivity index is 1.67. The van der Waals surface area contributed by atoms with Crippen molar-refractivity contribution < 1.29 is 4.79 Å². The molecule has 1 aromatic carbocycles. The molecule has 1 unspecified atom stereocenters. The Morgan fingerprint density at radius 2 is 2.08 bits per heavy atom. The number of likely N-dealkylation sites (tertiary alicyclic amines) is 1. The van der Waals surface area contributed by atoms with Crippen LogP contribution in [0.25, 0.3) is 0 Å². The van der Waals surface area contributed by atoms with Gasteiger partial charge in [-0.05, 0) is 48.2 Å². The minimum absolute atomic E-state index is 0.149. The molecule has 1 aromatic heterocycles. The first kappa shape index (κ1) is 15.6. The van der Waals surface area contributed by atoms with E-state index in [0.717, 1.165) is 37.9 Å². The van der Waals surface area contributed by atoms with E-state index in [0.29, 0.717) is 11.7 Å². The summed E-state index contributed by atoms with van der Waals surface area (Å²) in [4.78, 5) is 19.3. The second-order valence-corrected chi connectivity index (χ2v) is 7.06. The molecule has 1 atom stereocenters. The normalized spacial score (nSPS) is 23.8. The van der Waals surface area contributed by atoms with Gasteiger partial charge in [-0.25, -0.2) is 4.98 Å². The Kier molecular flexibility index (Phi) is 4.02. The zero-order valence-electron chi connectivity index (χ0n) is 13.5. The summed E-state index contributed by atoms with van der Waals surface area (Å²) in [5, 5.41) is 3.64. The lowest BCUT2D eigenvalue weighted by Crippen LogP contribution is -2.55. The average molecular weight is 342 g/mol. The summed E-state index contributed by atoms with van der Waals surface area (Å²) in [6.45, 7) is 2.26. The molecule has 2 aliphatic rings. The lowest BCUT2D eigenvalue weighted by Gasteiger charge is -2.36. The number of benzene rings is 1. The van der Waals surface area contributed by atoms with Gasteiger partial charge in [0, 0.05) is 25.7 Å². The third-order valence-electron chi connectivity index (χ3n) is 5.25. The Morgan fingerprint density at radius 3 is 2.92 bits per heavy atom. The number of fused-ring (bicyclic) bond motifs is 1. The fourth-order valence-corrected chi connectivity index (χ4v) is 4.22. The van der Waals surface area contributed by atoms with Crippen molar-refractivity contribution in [3.05, 3.63) is 64.4 Å². The fraction of sp³-hybridized carbons (Fsp3) is 0.368. The van der Waals surface area contributed by atoms with Crippen LogP contribution in [0.4, 0.5) is 0 Å². The molecule has 1 spiro atoms. The molecule has 4 rings (SSSR count). The molecule has 1 amide bonds. The summed E-state index contributed by atoms with van der Waals surface area (Å²) in [6.07, 6.45) is 4.43. The number of nitrogens with zero attached hydrogens (tertiary/aromatic N) is 2. The highest BCUT2D eigenvalue weighted by Crippen LogP contribution is 2.36. The van der Waals surface area contributed by atoms with Crippen molar-refractivity contribution in [2.45, 2.75) is 37.9 Å². The number of pyridine rings is 1. The second-order valence-electron chi connectivity index (χ2n) is 6.67. The average Bonchev–Trinajstić information content (AvgIpc) is 2.90. The van der Waals surface area contributed by atoms with Crippen LogP contribution in [0.2, 0.25) is 5.15 Å². The van der Waals surface area contributed by atoms with Crippen LogP contribution in [-0.4, -0.2) is 27.9 Å². The largest absolute Gasteiger partial charge is 0.350 e. The van der Waals surface area contributed by atoms with Crippen LogP contribution in [0.15, 0.2) is 42.6 Å². The zero-order chi connectivity index (χ0) is 16.6. The Hall–Kier alpha value is -1.91. The maximum Gasteiger partial charge on any atom is 0.241 e. The molecule has 0 saturated carbocycles. The van der Waals surface area contributed by atoms with Crippen LogP contribution >= 0.6 is 11.6 Å². The van der Waals surface area contributed by atoms with Crippen molar-refractivity contribution in [1.29, 1.82) is 0 Å². The van der Waals surface area contributed by atoms with Crippen LogP contribution in [0.5, 0.6) is 0 Å². The van der Waals surface area contributed by atoms with Gasteiger partial charge in [0.1, 0.15) is 10.7 Å². The summed E-state index contributed by atoms with van der Waals surface area (Å²) in [6, 6.07) is 12.2. The number of aromatic nitrogens is 1. The van der Waals surface area contributed by atoms with E-state index in [1.54, 1.807) is 6.20 Å². The smallest absolute Gasteiger partial charge is 0.241 e. The maximum atomic E-state index is 13.0. The third-order valence-corrected chi connectivity index (χ3v) is 5.46. The minimum atomic E-state index is -0.456. The Bertz CT molecular complexity index is 779. The highest BCUT2D eigenvalue weighted by Gasteiger charge is 2.48. The Morgan fingerprint density at radius 1 is 1.25 bits per heavy atom. The van der Waals surface area contributed by atoms with Crippen molar-refractivity contribution >= 4 is 17.5 Å². The van der Waals surface area contributed by atoms with Crippen molar-refractivity contribution in [3.8, 4) is 0 Å². The van der Waals surface area contributed by atoms with E-state index in [4.69, 9.17) is 11.6 Å². The quantitative estimate of drug-likeness (QED) is 0.854. The van der Waals surface area contributed by atoms with Gasteiger partial charge >= 0.3 is 0 Å². The molecular formula is C19H20ClN3O. The molecule has 4 nitrogen and oxygen atoms in total. The summed E-state index contributed by atoms with van der Waals surface area (Å²) < 4.78 is 0. The number of hydrogen-bond donors (Lipinski definition) is 1. The fourth-order valence-electron chi connectivity index (χ4n) is 4.02. The first-order valence-corrected chi connectivity index (χ1v) is 8.76. The third kappa shape index (κ3) is 2.70. The molecule has 0 bridgehead atoms. The van der Waals surface area contributed by atoms with Gasteiger partial charge in [-0.1, -0.05) is 35.9 Å². The summed E-state index contributed by atoms with van der Waals surface area (Å²) in [5.41, 5.74) is 3.14. The van der Waals surface area contributed by atoms with E-state index in [9.17, 15) is 4.79 Å². The molecule has 1 saturated heterocycles. The van der Waals surface area contributed by atoms with Crippen molar-refractivity contribution in [3.63, 3.8) is 0 Å². The summed E-state index contributed by atoms with van der Waals surface area (Å²) >= 11 is 6.02. The molecule has 124 valence electrons. The number of hydrogen-bond acceptors (Lipinski definition) is 3. The lowest BCUT2D eigenvalue weighted by molar-refractivity contribution is -0.132. The van der Waals surface area contributed by atoms with Gasteiger partial charge in [-0.15, -0.1) is 0 Å². The number of carbonyl (C=O) groups is 1. The molecule has 2 aromatic rings. The van der Waals surface area contributed by atoms with Gasteiger partial charge in [-0.3, -0.25) is 9.69 Å². The van der Waals surface area contributed by atoms with Crippen molar-refractivity contribution in [2.75, 3.05) is 6.54 Å². The van der Waals surface area contributed by atoms with Crippen molar-refractivity contribution in [2.24, 2.45) is 0 Å². The van der Waals surface area contributed by atoms with Crippen LogP contribution in [0.1, 0.15) is 29.5 Å². The lowest BCUT2D eigenvalue weighted by atomic mass is 9.86. The van der Waals surface area contributed by atoms with Gasteiger partial charge in [0.05, 0.1) is 0 Å². The molecule has 1 fully saturated rings. The summed E-state index contributed by atoms with van der Waals surface area (Å²) in [5.74, 6) is 0.149. The number of rotatable bonds is 2. The Labute approximate surface area is 146 Å². The van der Waals surface area contributed by atoms with Gasteiger partial charge in [0.25, 0.3) is 0 Å². The maximum absolute atomic E-state index is 13.0. The summed E-state index contributed by atoms with van der Waals surface area (Å²) in [7, 11) is 0. The van der Waals surface area contributed by atoms with Gasteiger partial charge < -0.3 is 5.32 Å². The number of amides is 1. The van der Waals surface area contributed by atoms with Gasteiger partial charge in [-0.2, -0.15) is 0 Å². The van der Waals surface area contributed by atoms with E-state index >= 15 is 0 Å². The van der Waals surface area contributed by atoms with Crippen LogP contribution in [0.3, 0.4) is 0 Å². The predicted octanol–water partition coefficient (Wildman–Crippen LogP) is 2.94. The first-order valence-electron chi connectivity index (χ1n) is 8.38. The van der Waals surface area contributed by atoms with E-state index < -0.39 is 5.54 Å². The molecule has 1 N–H and O–H groups in total. The molecular weight excluding hydrogens is 322 g/mol. The molecule has 3 heterocycles. The minimum Gasteiger partial charge on any atom is -0.350 e. The number of carbonyl (C=O) groups excluding carboxylic acids is 1. The van der Waals surface area contributed by atoms with Gasteiger partial charge in [0.15, 0.2) is 0 Å². The molecule has 0 radical (unpaired) electrons. The zero-order valence-corrected chi connectivity index (χ0v) is 14.2. The highest BCUT2D eigenvalue weighted by molar-refractivity contribution is 6.29. The van der Waals surface area contributed by atoms with Crippen molar-refractivity contribution in [1.82, 2.24) is 15.2 Å². The predicted molar refractivity (Wildman–Crippen MR) is 93.6 cm³/mol. The topological polar surface area (TPSA) is 45.2 Å². The molecule has 24 heavy (non-hydrogen) atoms. The van der Waals surface area contributed by atoms with Crippen LogP contribution in [0, 0.1) is 0 Å².